The Balaban J connectivity index is 1.20. The van der Waals surface area contributed by atoms with Gasteiger partial charge in [0.25, 0.3) is 0 Å². The van der Waals surface area contributed by atoms with E-state index in [1.54, 1.807) is 0 Å². The summed E-state index contributed by atoms with van der Waals surface area (Å²) in [6, 6.07) is 66.5. The lowest BCUT2D eigenvalue weighted by molar-refractivity contribution is 0.769. The van der Waals surface area contributed by atoms with Crippen LogP contribution in [0.1, 0.15) is 22.3 Å². The highest BCUT2D eigenvalue weighted by atomic mass is 15.0. The molecule has 8 aromatic rings. The summed E-state index contributed by atoms with van der Waals surface area (Å²) < 4.78 is 0. The molecule has 0 saturated heterocycles. The standard InChI is InChI=1S/C46H31N3/c1-4-16-32(17-5-1)43-47-44(33-18-6-2-7-19-33)49-45(48-43)36-22-14-20-34(30-36)35-21-15-25-38(31-35)46(37-23-8-3-9-24-37)41-28-12-10-26-39(41)40-27-11-13-29-42(40)46/h1-31H. The molecule has 0 N–H and O–H groups in total. The normalized spacial score (nSPS) is 12.7. The van der Waals surface area contributed by atoms with Crippen LogP contribution < -0.4 is 0 Å². The monoisotopic (exact) mass is 625 g/mol. The van der Waals surface area contributed by atoms with Crippen LogP contribution in [-0.2, 0) is 5.41 Å². The molecule has 1 heterocycles. The molecule has 0 atom stereocenters. The van der Waals surface area contributed by atoms with Gasteiger partial charge >= 0.3 is 0 Å². The smallest absolute Gasteiger partial charge is 0.164 e. The predicted molar refractivity (Wildman–Crippen MR) is 199 cm³/mol. The fraction of sp³-hybridized carbons (Fsp3) is 0.0217. The largest absolute Gasteiger partial charge is 0.208 e. The highest BCUT2D eigenvalue weighted by Crippen LogP contribution is 2.56. The van der Waals surface area contributed by atoms with Gasteiger partial charge in [0.2, 0.25) is 0 Å². The molecule has 9 rings (SSSR count). The van der Waals surface area contributed by atoms with Gasteiger partial charge < -0.3 is 0 Å². The molecule has 0 saturated carbocycles. The van der Waals surface area contributed by atoms with Crippen LogP contribution in [-0.4, -0.2) is 15.0 Å². The number of nitrogens with zero attached hydrogens (tertiary/aromatic N) is 3. The Morgan fingerprint density at radius 2 is 0.673 bits per heavy atom. The lowest BCUT2D eigenvalue weighted by atomic mass is 9.67. The molecule has 49 heavy (non-hydrogen) atoms. The minimum absolute atomic E-state index is 0.453. The van der Waals surface area contributed by atoms with Crippen molar-refractivity contribution in [2.45, 2.75) is 5.41 Å². The van der Waals surface area contributed by atoms with E-state index >= 15 is 0 Å². The average Bonchev–Trinajstić information content (AvgIpc) is 3.50. The molecule has 3 nitrogen and oxygen atoms in total. The molecule has 3 heteroatoms. The van der Waals surface area contributed by atoms with Crippen molar-refractivity contribution in [2.75, 3.05) is 0 Å². The van der Waals surface area contributed by atoms with Gasteiger partial charge in [-0.25, -0.2) is 15.0 Å². The van der Waals surface area contributed by atoms with Crippen LogP contribution in [0.4, 0.5) is 0 Å². The van der Waals surface area contributed by atoms with Crippen molar-refractivity contribution in [3.05, 3.63) is 210 Å². The second-order valence-electron chi connectivity index (χ2n) is 12.4. The van der Waals surface area contributed by atoms with Crippen LogP contribution in [0.2, 0.25) is 0 Å². The first-order valence-electron chi connectivity index (χ1n) is 16.6. The van der Waals surface area contributed by atoms with E-state index in [0.29, 0.717) is 17.5 Å². The van der Waals surface area contributed by atoms with Gasteiger partial charge in [-0.05, 0) is 56.6 Å². The summed E-state index contributed by atoms with van der Waals surface area (Å²) in [6.45, 7) is 0. The molecule has 230 valence electrons. The number of hydrogen-bond acceptors (Lipinski definition) is 3. The molecule has 1 aromatic heterocycles. The number of benzene rings is 7. The fourth-order valence-corrected chi connectivity index (χ4v) is 7.42. The summed E-state index contributed by atoms with van der Waals surface area (Å²) in [5, 5.41) is 0. The number of aromatic nitrogens is 3. The van der Waals surface area contributed by atoms with E-state index in [4.69, 9.17) is 15.0 Å². The molecule has 1 aliphatic rings. The third kappa shape index (κ3) is 4.87. The lowest BCUT2D eigenvalue weighted by Gasteiger charge is -2.34. The van der Waals surface area contributed by atoms with Gasteiger partial charge in [-0.2, -0.15) is 0 Å². The Hall–Kier alpha value is -6.45. The Bertz CT molecular complexity index is 2330. The molecule has 0 fully saturated rings. The quantitative estimate of drug-likeness (QED) is 0.185. The number of fused-ring (bicyclic) bond motifs is 3. The predicted octanol–water partition coefficient (Wildman–Crippen LogP) is 10.9. The summed E-state index contributed by atoms with van der Waals surface area (Å²) in [5.41, 5.74) is 12.3. The molecule has 0 spiro atoms. The van der Waals surface area contributed by atoms with Crippen LogP contribution in [0.3, 0.4) is 0 Å². The van der Waals surface area contributed by atoms with Gasteiger partial charge in [0.05, 0.1) is 5.41 Å². The van der Waals surface area contributed by atoms with Gasteiger partial charge in [0.1, 0.15) is 0 Å². The third-order valence-corrected chi connectivity index (χ3v) is 9.61. The van der Waals surface area contributed by atoms with Crippen LogP contribution in [0.5, 0.6) is 0 Å². The topological polar surface area (TPSA) is 38.7 Å². The molecule has 0 radical (unpaired) electrons. The van der Waals surface area contributed by atoms with E-state index in [2.05, 4.69) is 127 Å². The molecule has 0 bridgehead atoms. The fourth-order valence-electron chi connectivity index (χ4n) is 7.42. The van der Waals surface area contributed by atoms with E-state index in [9.17, 15) is 0 Å². The Morgan fingerprint density at radius 3 is 1.24 bits per heavy atom. The van der Waals surface area contributed by atoms with Crippen LogP contribution in [0.15, 0.2) is 188 Å². The van der Waals surface area contributed by atoms with Crippen molar-refractivity contribution in [3.8, 4) is 56.4 Å². The Morgan fingerprint density at radius 1 is 0.286 bits per heavy atom. The number of rotatable bonds is 6. The van der Waals surface area contributed by atoms with Crippen molar-refractivity contribution in [1.29, 1.82) is 0 Å². The average molecular weight is 626 g/mol. The van der Waals surface area contributed by atoms with E-state index in [1.165, 1.54) is 33.4 Å². The first-order valence-corrected chi connectivity index (χ1v) is 16.6. The van der Waals surface area contributed by atoms with Gasteiger partial charge in [-0.1, -0.05) is 176 Å². The van der Waals surface area contributed by atoms with E-state index in [0.717, 1.165) is 27.8 Å². The summed E-state index contributed by atoms with van der Waals surface area (Å²) in [6.07, 6.45) is 0. The van der Waals surface area contributed by atoms with Crippen molar-refractivity contribution in [1.82, 2.24) is 15.0 Å². The zero-order chi connectivity index (χ0) is 32.6. The first-order chi connectivity index (χ1) is 24.3. The van der Waals surface area contributed by atoms with Crippen molar-refractivity contribution in [3.63, 3.8) is 0 Å². The van der Waals surface area contributed by atoms with Crippen molar-refractivity contribution in [2.24, 2.45) is 0 Å². The van der Waals surface area contributed by atoms with Gasteiger partial charge in [-0.15, -0.1) is 0 Å². The summed E-state index contributed by atoms with van der Waals surface area (Å²) >= 11 is 0. The molecule has 7 aromatic carbocycles. The van der Waals surface area contributed by atoms with E-state index in [-0.39, 0.29) is 0 Å². The van der Waals surface area contributed by atoms with Crippen molar-refractivity contribution < 1.29 is 0 Å². The van der Waals surface area contributed by atoms with E-state index < -0.39 is 5.41 Å². The second kappa shape index (κ2) is 12.0. The Kier molecular flexibility index (Phi) is 7.02. The van der Waals surface area contributed by atoms with Crippen LogP contribution in [0, 0.1) is 0 Å². The highest BCUT2D eigenvalue weighted by molar-refractivity contribution is 5.87. The Labute approximate surface area is 286 Å². The van der Waals surface area contributed by atoms with Crippen LogP contribution >= 0.6 is 0 Å². The maximum absolute atomic E-state index is 4.99. The summed E-state index contributed by atoms with van der Waals surface area (Å²) in [4.78, 5) is 14.9. The van der Waals surface area contributed by atoms with Gasteiger partial charge in [-0.3, -0.25) is 0 Å². The van der Waals surface area contributed by atoms with Crippen molar-refractivity contribution >= 4 is 0 Å². The minimum Gasteiger partial charge on any atom is -0.208 e. The molecular weight excluding hydrogens is 595 g/mol. The maximum atomic E-state index is 4.99. The number of hydrogen-bond donors (Lipinski definition) is 0. The zero-order valence-corrected chi connectivity index (χ0v) is 26.7. The minimum atomic E-state index is -0.453. The maximum Gasteiger partial charge on any atom is 0.164 e. The SMILES string of the molecule is c1ccc(-c2nc(-c3ccccc3)nc(-c3cccc(-c4cccc(C5(c6ccccc6)c6ccccc6-c6ccccc65)c4)c3)n2)cc1. The summed E-state index contributed by atoms with van der Waals surface area (Å²) in [7, 11) is 0. The highest BCUT2D eigenvalue weighted by Gasteiger charge is 2.45. The lowest BCUT2D eigenvalue weighted by Crippen LogP contribution is -2.28. The third-order valence-electron chi connectivity index (χ3n) is 9.61. The molecule has 0 amide bonds. The molecule has 1 aliphatic carbocycles. The second-order valence-corrected chi connectivity index (χ2v) is 12.4. The van der Waals surface area contributed by atoms with Gasteiger partial charge in [0.15, 0.2) is 17.5 Å². The molecular formula is C46H31N3. The van der Waals surface area contributed by atoms with Gasteiger partial charge in [0, 0.05) is 16.7 Å². The molecule has 0 aliphatic heterocycles. The summed E-state index contributed by atoms with van der Waals surface area (Å²) in [5.74, 6) is 1.95. The molecule has 0 unspecified atom stereocenters. The van der Waals surface area contributed by atoms with E-state index in [1.807, 2.05) is 60.7 Å². The van der Waals surface area contributed by atoms with Crippen LogP contribution in [0.25, 0.3) is 56.4 Å². The first kappa shape index (κ1) is 28.7. The zero-order valence-electron chi connectivity index (χ0n) is 26.7.